The van der Waals surface area contributed by atoms with E-state index < -0.39 is 0 Å². The van der Waals surface area contributed by atoms with E-state index >= 15 is 0 Å². The molecule has 3 rings (SSSR count). The van der Waals surface area contributed by atoms with Crippen LogP contribution in [0.1, 0.15) is 19.4 Å². The van der Waals surface area contributed by atoms with Crippen LogP contribution in [0.3, 0.4) is 0 Å². The Morgan fingerprint density at radius 2 is 1.81 bits per heavy atom. The van der Waals surface area contributed by atoms with E-state index in [2.05, 4.69) is 33.2 Å². The first-order valence-corrected chi connectivity index (χ1v) is 7.63. The molecule has 0 aliphatic rings. The second kappa shape index (κ2) is 5.48. The standard InChI is InChI=1S/C16H16BrN3O/c1-10(2)21-13-6-4-12(5-7-13)20-16-11(3)14(17)8-9-15(16)18-19-20/h4-10H,1-3H3. The highest BCUT2D eigenvalue weighted by molar-refractivity contribution is 9.10. The first-order valence-electron chi connectivity index (χ1n) is 6.84. The van der Waals surface area contributed by atoms with Gasteiger partial charge in [0, 0.05) is 4.47 Å². The second-order valence-corrected chi connectivity index (χ2v) is 6.06. The van der Waals surface area contributed by atoms with Crippen LogP contribution in [-0.2, 0) is 0 Å². The van der Waals surface area contributed by atoms with Crippen molar-refractivity contribution in [2.45, 2.75) is 26.9 Å². The van der Waals surface area contributed by atoms with Gasteiger partial charge in [0.25, 0.3) is 0 Å². The van der Waals surface area contributed by atoms with Crippen molar-refractivity contribution in [3.63, 3.8) is 0 Å². The van der Waals surface area contributed by atoms with Crippen LogP contribution >= 0.6 is 15.9 Å². The summed E-state index contributed by atoms with van der Waals surface area (Å²) in [6.45, 7) is 6.09. The summed E-state index contributed by atoms with van der Waals surface area (Å²) < 4.78 is 8.57. The molecule has 0 N–H and O–H groups in total. The van der Waals surface area contributed by atoms with Crippen molar-refractivity contribution >= 4 is 27.0 Å². The van der Waals surface area contributed by atoms with Crippen LogP contribution < -0.4 is 4.74 Å². The van der Waals surface area contributed by atoms with Gasteiger partial charge in [0.05, 0.1) is 17.3 Å². The Hall–Kier alpha value is -1.88. The largest absolute Gasteiger partial charge is 0.491 e. The third-order valence-electron chi connectivity index (χ3n) is 3.25. The molecule has 0 aliphatic heterocycles. The van der Waals surface area contributed by atoms with Gasteiger partial charge >= 0.3 is 0 Å². The van der Waals surface area contributed by atoms with Gasteiger partial charge in [-0.25, -0.2) is 4.68 Å². The summed E-state index contributed by atoms with van der Waals surface area (Å²) in [6.07, 6.45) is 0.168. The van der Waals surface area contributed by atoms with E-state index in [4.69, 9.17) is 4.74 Å². The van der Waals surface area contributed by atoms with Gasteiger partial charge < -0.3 is 4.74 Å². The normalized spacial score (nSPS) is 11.3. The fourth-order valence-corrected chi connectivity index (χ4v) is 2.59. The van der Waals surface area contributed by atoms with Gasteiger partial charge in [-0.05, 0) is 62.7 Å². The van der Waals surface area contributed by atoms with Crippen molar-refractivity contribution in [1.29, 1.82) is 0 Å². The van der Waals surface area contributed by atoms with E-state index in [0.29, 0.717) is 0 Å². The summed E-state index contributed by atoms with van der Waals surface area (Å²) in [5.41, 5.74) is 4.00. The van der Waals surface area contributed by atoms with Gasteiger partial charge in [-0.3, -0.25) is 0 Å². The number of aryl methyl sites for hydroxylation is 1. The lowest BCUT2D eigenvalue weighted by Crippen LogP contribution is -2.05. The van der Waals surface area contributed by atoms with E-state index in [1.165, 1.54) is 0 Å². The van der Waals surface area contributed by atoms with Crippen LogP contribution in [0, 0.1) is 6.92 Å². The third kappa shape index (κ3) is 2.65. The van der Waals surface area contributed by atoms with E-state index in [0.717, 1.165) is 32.5 Å². The lowest BCUT2D eigenvalue weighted by Gasteiger charge is -2.10. The minimum absolute atomic E-state index is 0.168. The van der Waals surface area contributed by atoms with E-state index in [1.54, 1.807) is 0 Å². The molecule has 5 heteroatoms. The number of benzene rings is 2. The molecule has 4 nitrogen and oxygen atoms in total. The summed E-state index contributed by atoms with van der Waals surface area (Å²) in [5, 5.41) is 8.49. The minimum Gasteiger partial charge on any atom is -0.491 e. The maximum absolute atomic E-state index is 5.66. The highest BCUT2D eigenvalue weighted by atomic mass is 79.9. The van der Waals surface area contributed by atoms with Gasteiger partial charge in [-0.1, -0.05) is 21.1 Å². The molecule has 3 aromatic rings. The predicted molar refractivity (Wildman–Crippen MR) is 87.1 cm³/mol. The van der Waals surface area contributed by atoms with Crippen LogP contribution in [0.25, 0.3) is 16.7 Å². The van der Waals surface area contributed by atoms with Crippen LogP contribution in [0.4, 0.5) is 0 Å². The Bertz CT molecular complexity index is 778. The van der Waals surface area contributed by atoms with Crippen molar-refractivity contribution in [2.75, 3.05) is 0 Å². The quantitative estimate of drug-likeness (QED) is 0.711. The molecule has 0 fully saturated rings. The highest BCUT2D eigenvalue weighted by Crippen LogP contribution is 2.26. The maximum Gasteiger partial charge on any atom is 0.119 e. The smallest absolute Gasteiger partial charge is 0.119 e. The zero-order chi connectivity index (χ0) is 15.0. The van der Waals surface area contributed by atoms with Crippen molar-refractivity contribution in [2.24, 2.45) is 0 Å². The predicted octanol–water partition coefficient (Wildman–Crippen LogP) is 4.28. The maximum atomic E-state index is 5.66. The fraction of sp³-hybridized carbons (Fsp3) is 0.250. The number of hydrogen-bond acceptors (Lipinski definition) is 3. The lowest BCUT2D eigenvalue weighted by molar-refractivity contribution is 0.242. The van der Waals surface area contributed by atoms with Gasteiger partial charge in [0.15, 0.2) is 0 Å². The molecule has 0 atom stereocenters. The average Bonchev–Trinajstić information content (AvgIpc) is 2.88. The molecule has 0 radical (unpaired) electrons. The number of fused-ring (bicyclic) bond motifs is 1. The molecule has 108 valence electrons. The van der Waals surface area contributed by atoms with Crippen molar-refractivity contribution in [3.05, 3.63) is 46.4 Å². The van der Waals surface area contributed by atoms with Crippen molar-refractivity contribution < 1.29 is 4.74 Å². The Morgan fingerprint density at radius 1 is 1.10 bits per heavy atom. The summed E-state index contributed by atoms with van der Waals surface area (Å²) in [6, 6.07) is 11.9. The Balaban J connectivity index is 2.06. The molecule has 0 aliphatic carbocycles. The van der Waals surface area contributed by atoms with E-state index in [9.17, 15) is 0 Å². The number of nitrogens with zero attached hydrogens (tertiary/aromatic N) is 3. The van der Waals surface area contributed by atoms with Crippen LogP contribution in [0.5, 0.6) is 5.75 Å². The van der Waals surface area contributed by atoms with Crippen molar-refractivity contribution in [1.82, 2.24) is 15.0 Å². The van der Waals surface area contributed by atoms with Gasteiger partial charge in [0.2, 0.25) is 0 Å². The van der Waals surface area contributed by atoms with Gasteiger partial charge in [-0.15, -0.1) is 5.10 Å². The Labute approximate surface area is 131 Å². The molecule has 0 unspecified atom stereocenters. The Kier molecular flexibility index (Phi) is 3.68. The van der Waals surface area contributed by atoms with Gasteiger partial charge in [-0.2, -0.15) is 0 Å². The second-order valence-electron chi connectivity index (χ2n) is 5.20. The third-order valence-corrected chi connectivity index (χ3v) is 4.11. The van der Waals surface area contributed by atoms with Crippen LogP contribution in [0.15, 0.2) is 40.9 Å². The zero-order valence-corrected chi connectivity index (χ0v) is 13.8. The summed E-state index contributed by atoms with van der Waals surface area (Å²) in [4.78, 5) is 0. The molecule has 0 saturated heterocycles. The highest BCUT2D eigenvalue weighted by Gasteiger charge is 2.11. The summed E-state index contributed by atoms with van der Waals surface area (Å²) in [5.74, 6) is 0.857. The summed E-state index contributed by atoms with van der Waals surface area (Å²) >= 11 is 3.56. The lowest BCUT2D eigenvalue weighted by atomic mass is 10.2. The number of ether oxygens (including phenoxy) is 1. The monoisotopic (exact) mass is 345 g/mol. The number of hydrogen-bond donors (Lipinski definition) is 0. The Morgan fingerprint density at radius 3 is 2.48 bits per heavy atom. The number of halogens is 1. The zero-order valence-electron chi connectivity index (χ0n) is 12.2. The molecular weight excluding hydrogens is 330 g/mol. The molecule has 21 heavy (non-hydrogen) atoms. The molecule has 2 aromatic carbocycles. The first kappa shape index (κ1) is 14.1. The van der Waals surface area contributed by atoms with Gasteiger partial charge in [0.1, 0.15) is 11.3 Å². The molecular formula is C16H16BrN3O. The topological polar surface area (TPSA) is 39.9 Å². The molecule has 0 bridgehead atoms. The minimum atomic E-state index is 0.168. The van der Waals surface area contributed by atoms with E-state index in [1.807, 2.05) is 54.9 Å². The first-order chi connectivity index (χ1) is 10.1. The van der Waals surface area contributed by atoms with Crippen LogP contribution in [0.2, 0.25) is 0 Å². The molecule has 0 spiro atoms. The molecule has 0 saturated carbocycles. The fourth-order valence-electron chi connectivity index (χ4n) is 2.27. The SMILES string of the molecule is Cc1c(Br)ccc2nnn(-c3ccc(OC(C)C)cc3)c12. The summed E-state index contributed by atoms with van der Waals surface area (Å²) in [7, 11) is 0. The molecule has 1 aromatic heterocycles. The molecule has 1 heterocycles. The average molecular weight is 346 g/mol. The van der Waals surface area contributed by atoms with Crippen molar-refractivity contribution in [3.8, 4) is 11.4 Å². The number of aromatic nitrogens is 3. The van der Waals surface area contributed by atoms with Crippen LogP contribution in [-0.4, -0.2) is 21.1 Å². The number of rotatable bonds is 3. The van der Waals surface area contributed by atoms with E-state index in [-0.39, 0.29) is 6.10 Å². The molecule has 0 amide bonds.